The predicted molar refractivity (Wildman–Crippen MR) is 74.9 cm³/mol. The van der Waals surface area contributed by atoms with E-state index < -0.39 is 26.6 Å². The first kappa shape index (κ1) is 15.8. The summed E-state index contributed by atoms with van der Waals surface area (Å²) in [4.78, 5) is -0.557. The van der Waals surface area contributed by atoms with Crippen molar-refractivity contribution in [2.45, 2.75) is 30.2 Å². The van der Waals surface area contributed by atoms with Gasteiger partial charge in [-0.05, 0) is 47.8 Å². The Kier molecular flexibility index (Phi) is 5.11. The van der Waals surface area contributed by atoms with Crippen molar-refractivity contribution < 1.29 is 17.2 Å². The Morgan fingerprint density at radius 2 is 2.15 bits per heavy atom. The highest BCUT2D eigenvalue weighted by Gasteiger charge is 2.24. The quantitative estimate of drug-likeness (QED) is 0.836. The van der Waals surface area contributed by atoms with Crippen LogP contribution < -0.4 is 10.0 Å². The van der Waals surface area contributed by atoms with E-state index in [4.69, 9.17) is 0 Å². The lowest BCUT2D eigenvalue weighted by Crippen LogP contribution is -2.31. The Bertz CT molecular complexity index is 566. The molecule has 1 saturated heterocycles. The molecule has 1 aliphatic rings. The van der Waals surface area contributed by atoms with Gasteiger partial charge in [0.05, 0.1) is 0 Å². The Balaban J connectivity index is 2.06. The van der Waals surface area contributed by atoms with Crippen LogP contribution in [-0.2, 0) is 10.0 Å². The lowest BCUT2D eigenvalue weighted by atomic mass is 10.2. The van der Waals surface area contributed by atoms with Gasteiger partial charge in [0.15, 0.2) is 0 Å². The number of sulfonamides is 1. The second-order valence-corrected chi connectivity index (χ2v) is 7.24. The summed E-state index contributed by atoms with van der Waals surface area (Å²) in [5.41, 5.74) is 0. The minimum Gasteiger partial charge on any atom is -0.314 e. The van der Waals surface area contributed by atoms with Gasteiger partial charge in [0, 0.05) is 23.1 Å². The van der Waals surface area contributed by atoms with Crippen molar-refractivity contribution in [1.82, 2.24) is 10.0 Å². The number of benzene rings is 1. The van der Waals surface area contributed by atoms with Crippen molar-refractivity contribution in [3.8, 4) is 0 Å². The van der Waals surface area contributed by atoms with Crippen LogP contribution in [0.4, 0.5) is 8.78 Å². The Labute approximate surface area is 125 Å². The van der Waals surface area contributed by atoms with Crippen LogP contribution in [0.2, 0.25) is 0 Å². The van der Waals surface area contributed by atoms with Crippen molar-refractivity contribution in [2.75, 3.05) is 13.1 Å². The summed E-state index contributed by atoms with van der Waals surface area (Å²) >= 11 is 2.88. The minimum atomic E-state index is -4.00. The van der Waals surface area contributed by atoms with Gasteiger partial charge in [-0.3, -0.25) is 0 Å². The number of hydrogen-bond acceptors (Lipinski definition) is 3. The third kappa shape index (κ3) is 3.75. The molecule has 0 aliphatic carbocycles. The molecule has 2 N–H and O–H groups in total. The second-order valence-electron chi connectivity index (χ2n) is 4.68. The molecular weight excluding hydrogens is 354 g/mol. The monoisotopic (exact) mass is 368 g/mol. The highest BCUT2D eigenvalue weighted by atomic mass is 79.9. The van der Waals surface area contributed by atoms with Crippen LogP contribution in [0.3, 0.4) is 0 Å². The molecule has 20 heavy (non-hydrogen) atoms. The molecule has 0 bridgehead atoms. The maximum absolute atomic E-state index is 13.6. The van der Waals surface area contributed by atoms with E-state index in [1.54, 1.807) is 0 Å². The molecule has 112 valence electrons. The van der Waals surface area contributed by atoms with E-state index >= 15 is 0 Å². The summed E-state index contributed by atoms with van der Waals surface area (Å²) in [7, 11) is -4.00. The zero-order valence-electron chi connectivity index (χ0n) is 10.6. The van der Waals surface area contributed by atoms with E-state index in [1.807, 2.05) is 0 Å². The maximum Gasteiger partial charge on any atom is 0.244 e. The van der Waals surface area contributed by atoms with Gasteiger partial charge in [0.1, 0.15) is 16.5 Å². The van der Waals surface area contributed by atoms with Gasteiger partial charge in [-0.25, -0.2) is 21.9 Å². The number of hydrogen-bond donors (Lipinski definition) is 2. The lowest BCUT2D eigenvalue weighted by molar-refractivity contribution is 0.526. The average molecular weight is 369 g/mol. The molecule has 0 unspecified atom stereocenters. The first-order valence-electron chi connectivity index (χ1n) is 6.28. The fourth-order valence-corrected chi connectivity index (χ4v) is 4.44. The van der Waals surface area contributed by atoms with E-state index in [9.17, 15) is 17.2 Å². The summed E-state index contributed by atoms with van der Waals surface area (Å²) in [5, 5.41) is 3.25. The molecule has 2 rings (SSSR count). The second kappa shape index (κ2) is 6.46. The Morgan fingerprint density at radius 1 is 1.40 bits per heavy atom. The van der Waals surface area contributed by atoms with Crippen LogP contribution in [0.25, 0.3) is 0 Å². The average Bonchev–Trinajstić information content (AvgIpc) is 2.79. The molecule has 0 amide bonds. The van der Waals surface area contributed by atoms with E-state index in [1.165, 1.54) is 0 Å². The SMILES string of the molecule is O=S(=O)(NCC[C@H]1CCCN1)c1c(F)cc(F)cc1Br. The van der Waals surface area contributed by atoms with E-state index in [0.717, 1.165) is 25.5 Å². The fourth-order valence-electron chi connectivity index (χ4n) is 2.23. The molecule has 1 aromatic rings. The predicted octanol–water partition coefficient (Wildman–Crippen LogP) is 2.15. The highest BCUT2D eigenvalue weighted by molar-refractivity contribution is 9.10. The van der Waals surface area contributed by atoms with Gasteiger partial charge in [0.2, 0.25) is 10.0 Å². The van der Waals surface area contributed by atoms with Gasteiger partial charge in [-0.1, -0.05) is 0 Å². The van der Waals surface area contributed by atoms with Gasteiger partial charge >= 0.3 is 0 Å². The first-order chi connectivity index (χ1) is 9.40. The van der Waals surface area contributed by atoms with E-state index in [2.05, 4.69) is 26.0 Å². The zero-order valence-corrected chi connectivity index (χ0v) is 13.0. The summed E-state index contributed by atoms with van der Waals surface area (Å²) in [6.45, 7) is 1.15. The molecule has 8 heteroatoms. The molecule has 0 aromatic heterocycles. The van der Waals surface area contributed by atoms with Crippen LogP contribution in [0.1, 0.15) is 19.3 Å². The maximum atomic E-state index is 13.6. The smallest absolute Gasteiger partial charge is 0.244 e. The Hall–Kier alpha value is -0.570. The van der Waals surface area contributed by atoms with Gasteiger partial charge in [-0.2, -0.15) is 0 Å². The number of halogens is 3. The third-order valence-corrected chi connectivity index (χ3v) is 5.60. The zero-order chi connectivity index (χ0) is 14.8. The molecule has 0 radical (unpaired) electrons. The van der Waals surface area contributed by atoms with Crippen molar-refractivity contribution in [3.05, 3.63) is 28.2 Å². The molecule has 1 atom stereocenters. The largest absolute Gasteiger partial charge is 0.314 e. The highest BCUT2D eigenvalue weighted by Crippen LogP contribution is 2.26. The molecule has 1 aromatic carbocycles. The summed E-state index contributed by atoms with van der Waals surface area (Å²) < 4.78 is 52.9. The van der Waals surface area contributed by atoms with Crippen molar-refractivity contribution >= 4 is 26.0 Å². The lowest BCUT2D eigenvalue weighted by Gasteiger charge is -2.12. The fraction of sp³-hybridized carbons (Fsp3) is 0.500. The van der Waals surface area contributed by atoms with Crippen LogP contribution in [0.15, 0.2) is 21.5 Å². The van der Waals surface area contributed by atoms with Crippen molar-refractivity contribution in [3.63, 3.8) is 0 Å². The molecule has 1 fully saturated rings. The van der Waals surface area contributed by atoms with Gasteiger partial charge in [0.25, 0.3) is 0 Å². The van der Waals surface area contributed by atoms with Crippen LogP contribution in [0.5, 0.6) is 0 Å². The van der Waals surface area contributed by atoms with Crippen LogP contribution in [0, 0.1) is 11.6 Å². The molecule has 0 spiro atoms. The van der Waals surface area contributed by atoms with Gasteiger partial charge < -0.3 is 5.32 Å². The first-order valence-corrected chi connectivity index (χ1v) is 8.55. The van der Waals surface area contributed by atoms with Crippen LogP contribution in [-0.4, -0.2) is 27.5 Å². The molecule has 0 saturated carbocycles. The van der Waals surface area contributed by atoms with Crippen LogP contribution >= 0.6 is 15.9 Å². The topological polar surface area (TPSA) is 58.2 Å². The summed E-state index contributed by atoms with van der Waals surface area (Å²) in [6, 6.07) is 1.77. The normalized spacial score (nSPS) is 19.4. The number of nitrogens with one attached hydrogen (secondary N) is 2. The summed E-state index contributed by atoms with van der Waals surface area (Å²) in [5.74, 6) is -1.94. The van der Waals surface area contributed by atoms with E-state index in [-0.39, 0.29) is 11.0 Å². The molecular formula is C12H15BrF2N2O2S. The van der Waals surface area contributed by atoms with Crippen molar-refractivity contribution in [1.29, 1.82) is 0 Å². The molecule has 4 nitrogen and oxygen atoms in total. The molecule has 1 aliphatic heterocycles. The molecule has 1 heterocycles. The minimum absolute atomic E-state index is 0.124. The Morgan fingerprint density at radius 3 is 2.75 bits per heavy atom. The summed E-state index contributed by atoms with van der Waals surface area (Å²) in [6.07, 6.45) is 2.73. The third-order valence-electron chi connectivity index (χ3n) is 3.18. The van der Waals surface area contributed by atoms with Crippen molar-refractivity contribution in [2.24, 2.45) is 0 Å². The number of rotatable bonds is 5. The standard InChI is InChI=1S/C12H15BrF2N2O2S/c13-10-6-8(14)7-11(15)12(10)20(18,19)17-5-3-9-2-1-4-16-9/h6-7,9,16-17H,1-5H2/t9-/m1/s1. The van der Waals surface area contributed by atoms with E-state index in [0.29, 0.717) is 18.5 Å². The van der Waals surface area contributed by atoms with Gasteiger partial charge in [-0.15, -0.1) is 0 Å².